The number of aliphatic hydroxyl groups is 2. The molecule has 4 heteroatoms. The quantitative estimate of drug-likeness (QED) is 0.516. The molecule has 5 aliphatic rings. The zero-order valence-electron chi connectivity index (χ0n) is 19.1. The number of rotatable bonds is 2. The molecule has 4 fully saturated rings. The summed E-state index contributed by atoms with van der Waals surface area (Å²) in [5, 5.41) is 17.7. The predicted molar refractivity (Wildman–Crippen MR) is 120 cm³/mol. The van der Waals surface area contributed by atoms with Gasteiger partial charge in [-0.15, -0.1) is 0 Å². The smallest absolute Gasteiger partial charge is 0.314 e. The number of aryl methyl sites for hydroxylation is 1. The first-order chi connectivity index (χ1) is 15.0. The Morgan fingerprint density at radius 1 is 1.10 bits per heavy atom. The Morgan fingerprint density at radius 3 is 2.65 bits per heavy atom. The van der Waals surface area contributed by atoms with Gasteiger partial charge in [0.2, 0.25) is 0 Å². The molecule has 6 rings (SSSR count). The number of hydrogen-bond donors (Lipinski definition) is 2. The van der Waals surface area contributed by atoms with Gasteiger partial charge < -0.3 is 14.9 Å². The SMILES string of the molecule is CO.C[C@]12CC[C@@H]3c4ccc(OC(=O)C5CCCCC5)cc4CC[C@H]3[C@@]13C[C@H]3C[C@@H]2O. The van der Waals surface area contributed by atoms with E-state index >= 15 is 0 Å². The molecule has 0 aliphatic heterocycles. The van der Waals surface area contributed by atoms with Gasteiger partial charge in [0.25, 0.3) is 0 Å². The Labute approximate surface area is 186 Å². The summed E-state index contributed by atoms with van der Waals surface area (Å²) in [5.74, 6) is 2.94. The van der Waals surface area contributed by atoms with E-state index in [0.29, 0.717) is 11.3 Å². The topological polar surface area (TPSA) is 66.8 Å². The van der Waals surface area contributed by atoms with Gasteiger partial charge in [-0.25, -0.2) is 0 Å². The number of carbonyl (C=O) groups excluding carboxylic acids is 1. The van der Waals surface area contributed by atoms with Crippen molar-refractivity contribution in [2.75, 3.05) is 7.11 Å². The van der Waals surface area contributed by atoms with Gasteiger partial charge in [0.15, 0.2) is 0 Å². The first-order valence-corrected chi connectivity index (χ1v) is 12.5. The van der Waals surface area contributed by atoms with Gasteiger partial charge in [0, 0.05) is 7.11 Å². The van der Waals surface area contributed by atoms with Crippen LogP contribution in [0, 0.1) is 28.6 Å². The maximum absolute atomic E-state index is 12.6. The number of benzene rings is 1. The van der Waals surface area contributed by atoms with Crippen LogP contribution in [0.5, 0.6) is 5.75 Å². The third kappa shape index (κ3) is 3.12. The van der Waals surface area contributed by atoms with E-state index in [1.54, 1.807) is 0 Å². The Bertz CT molecular complexity index is 844. The molecule has 0 heterocycles. The van der Waals surface area contributed by atoms with E-state index in [9.17, 15) is 9.90 Å². The van der Waals surface area contributed by atoms with Crippen LogP contribution in [0.3, 0.4) is 0 Å². The molecular weight excluding hydrogens is 388 g/mol. The molecule has 5 aliphatic carbocycles. The molecule has 0 bridgehead atoms. The highest BCUT2D eigenvalue weighted by atomic mass is 16.5. The summed E-state index contributed by atoms with van der Waals surface area (Å²) in [4.78, 5) is 12.6. The van der Waals surface area contributed by atoms with Crippen molar-refractivity contribution in [3.63, 3.8) is 0 Å². The maximum atomic E-state index is 12.6. The summed E-state index contributed by atoms with van der Waals surface area (Å²) >= 11 is 0. The third-order valence-corrected chi connectivity index (χ3v) is 9.98. The summed E-state index contributed by atoms with van der Waals surface area (Å²) in [7, 11) is 1.00. The number of fused-ring (bicyclic) bond motifs is 3. The van der Waals surface area contributed by atoms with Gasteiger partial charge in [0.1, 0.15) is 5.75 Å². The van der Waals surface area contributed by atoms with Crippen LogP contribution in [-0.4, -0.2) is 29.4 Å². The molecule has 1 aromatic rings. The Kier molecular flexibility index (Phi) is 5.45. The average molecular weight is 427 g/mol. The third-order valence-electron chi connectivity index (χ3n) is 9.98. The molecule has 1 spiro atoms. The number of ether oxygens (including phenoxy) is 1. The fourth-order valence-electron chi connectivity index (χ4n) is 8.38. The molecule has 4 saturated carbocycles. The summed E-state index contributed by atoms with van der Waals surface area (Å²) in [6.45, 7) is 2.38. The van der Waals surface area contributed by atoms with Gasteiger partial charge in [-0.2, -0.15) is 0 Å². The second kappa shape index (κ2) is 7.88. The number of hydrogen-bond acceptors (Lipinski definition) is 4. The fourth-order valence-corrected chi connectivity index (χ4v) is 8.38. The van der Waals surface area contributed by atoms with Crippen molar-refractivity contribution < 1.29 is 19.7 Å². The molecule has 0 radical (unpaired) electrons. The maximum Gasteiger partial charge on any atom is 0.314 e. The predicted octanol–water partition coefficient (Wildman–Crippen LogP) is 5.00. The molecule has 1 aromatic carbocycles. The van der Waals surface area contributed by atoms with Gasteiger partial charge >= 0.3 is 5.97 Å². The Balaban J connectivity index is 0.000000994. The van der Waals surface area contributed by atoms with Crippen molar-refractivity contribution in [2.45, 2.75) is 89.6 Å². The molecule has 2 N–H and O–H groups in total. The van der Waals surface area contributed by atoms with E-state index < -0.39 is 0 Å². The van der Waals surface area contributed by atoms with E-state index in [1.807, 2.05) is 6.07 Å². The van der Waals surface area contributed by atoms with E-state index in [2.05, 4.69) is 19.1 Å². The Morgan fingerprint density at radius 2 is 1.87 bits per heavy atom. The fraction of sp³-hybridized carbons (Fsp3) is 0.741. The van der Waals surface area contributed by atoms with Crippen molar-refractivity contribution in [3.05, 3.63) is 29.3 Å². The second-order valence-electron chi connectivity index (χ2n) is 11.0. The van der Waals surface area contributed by atoms with Crippen LogP contribution in [0.2, 0.25) is 0 Å². The number of aliphatic hydroxyl groups excluding tert-OH is 2. The highest BCUT2D eigenvalue weighted by Crippen LogP contribution is 2.81. The first kappa shape index (κ1) is 21.5. The second-order valence-corrected chi connectivity index (χ2v) is 11.0. The first-order valence-electron chi connectivity index (χ1n) is 12.5. The van der Waals surface area contributed by atoms with Crippen molar-refractivity contribution in [1.82, 2.24) is 0 Å². The van der Waals surface area contributed by atoms with Crippen LogP contribution < -0.4 is 4.74 Å². The van der Waals surface area contributed by atoms with Gasteiger partial charge in [-0.3, -0.25) is 4.79 Å². The summed E-state index contributed by atoms with van der Waals surface area (Å²) in [5.41, 5.74) is 3.45. The zero-order valence-corrected chi connectivity index (χ0v) is 19.1. The van der Waals surface area contributed by atoms with Crippen molar-refractivity contribution in [1.29, 1.82) is 0 Å². The van der Waals surface area contributed by atoms with Gasteiger partial charge in [0.05, 0.1) is 12.0 Å². The van der Waals surface area contributed by atoms with E-state index in [-0.39, 0.29) is 23.4 Å². The minimum atomic E-state index is -0.0924. The monoisotopic (exact) mass is 426 g/mol. The normalized spacial score (nSPS) is 40.4. The summed E-state index contributed by atoms with van der Waals surface area (Å²) < 4.78 is 5.81. The molecule has 0 unspecified atom stereocenters. The van der Waals surface area contributed by atoms with E-state index in [4.69, 9.17) is 9.84 Å². The molecule has 0 amide bonds. The summed E-state index contributed by atoms with van der Waals surface area (Å²) in [6, 6.07) is 6.46. The molecule has 31 heavy (non-hydrogen) atoms. The molecule has 0 saturated heterocycles. The minimum Gasteiger partial charge on any atom is -0.426 e. The van der Waals surface area contributed by atoms with Crippen molar-refractivity contribution >= 4 is 5.97 Å². The largest absolute Gasteiger partial charge is 0.426 e. The van der Waals surface area contributed by atoms with Gasteiger partial charge in [-0.1, -0.05) is 32.3 Å². The van der Waals surface area contributed by atoms with Crippen molar-refractivity contribution in [3.8, 4) is 5.75 Å². The summed E-state index contributed by atoms with van der Waals surface area (Å²) in [6.07, 6.45) is 12.5. The molecule has 4 nitrogen and oxygen atoms in total. The minimum absolute atomic E-state index is 0.0218. The van der Waals surface area contributed by atoms with E-state index in [1.165, 1.54) is 36.8 Å². The van der Waals surface area contributed by atoms with Crippen molar-refractivity contribution in [2.24, 2.45) is 28.6 Å². The highest BCUT2D eigenvalue weighted by molar-refractivity contribution is 5.75. The lowest BCUT2D eigenvalue weighted by Gasteiger charge is -2.52. The molecular formula is C27H38O4. The van der Waals surface area contributed by atoms with Crippen LogP contribution in [0.4, 0.5) is 0 Å². The lowest BCUT2D eigenvalue weighted by Crippen LogP contribution is -2.47. The van der Waals surface area contributed by atoms with Crippen LogP contribution in [0.15, 0.2) is 18.2 Å². The van der Waals surface area contributed by atoms with Crippen LogP contribution in [-0.2, 0) is 11.2 Å². The Hall–Kier alpha value is -1.39. The molecule has 170 valence electrons. The number of carbonyl (C=O) groups is 1. The average Bonchev–Trinajstić information content (AvgIpc) is 3.47. The number of esters is 1. The lowest BCUT2D eigenvalue weighted by molar-refractivity contribution is -0.139. The lowest BCUT2D eigenvalue weighted by atomic mass is 9.52. The van der Waals surface area contributed by atoms with Crippen LogP contribution in [0.25, 0.3) is 0 Å². The van der Waals surface area contributed by atoms with Gasteiger partial charge in [-0.05, 0) is 103 Å². The zero-order chi connectivity index (χ0) is 21.8. The van der Waals surface area contributed by atoms with Crippen LogP contribution in [0.1, 0.15) is 88.2 Å². The van der Waals surface area contributed by atoms with E-state index in [0.717, 1.165) is 69.6 Å². The standard InChI is InChI=1S/C26H34O3.CH4O/c1-25-12-11-21-20-9-8-19(29-24(28)16-5-3-2-4-6-16)13-17(20)7-10-22(21)26(25)15-18(26)14-23(25)27;1-2/h8-9,13,16,18,21-23,27H,2-7,10-12,14-15H2,1H3;2H,1H3/t18-,21-,22-,23+,25-,26+;/m1./s1. The molecule has 0 aromatic heterocycles. The molecule has 6 atom stereocenters. The highest BCUT2D eigenvalue weighted by Gasteiger charge is 2.76. The van der Waals surface area contributed by atoms with Crippen LogP contribution >= 0.6 is 0 Å².